The van der Waals surface area contributed by atoms with Crippen LogP contribution >= 0.6 is 0 Å². The zero-order valence-corrected chi connectivity index (χ0v) is 18.0. The van der Waals surface area contributed by atoms with Crippen molar-refractivity contribution >= 4 is 11.5 Å². The molecule has 7 heteroatoms. The normalized spacial score (nSPS) is 19.1. The van der Waals surface area contributed by atoms with Crippen molar-refractivity contribution in [2.24, 2.45) is 0 Å². The van der Waals surface area contributed by atoms with Gasteiger partial charge in [0.15, 0.2) is 17.2 Å². The van der Waals surface area contributed by atoms with E-state index in [1.54, 1.807) is 19.1 Å². The maximum Gasteiger partial charge on any atom is 0.342 e. The van der Waals surface area contributed by atoms with E-state index >= 15 is 0 Å². The van der Waals surface area contributed by atoms with Crippen molar-refractivity contribution in [3.63, 3.8) is 0 Å². The number of esters is 1. The molecule has 1 aliphatic carbocycles. The molecule has 1 heterocycles. The maximum atomic E-state index is 12.3. The van der Waals surface area contributed by atoms with E-state index in [0.717, 1.165) is 5.56 Å². The molecule has 3 rings (SSSR count). The highest BCUT2D eigenvalue weighted by Crippen LogP contribution is 2.33. The van der Waals surface area contributed by atoms with Crippen LogP contribution in [0.3, 0.4) is 0 Å². The summed E-state index contributed by atoms with van der Waals surface area (Å²) in [4.78, 5) is 25.3. The van der Waals surface area contributed by atoms with E-state index in [9.17, 15) is 9.90 Å². The molecule has 0 aliphatic heterocycles. The molecule has 0 saturated carbocycles. The zero-order chi connectivity index (χ0) is 21.9. The van der Waals surface area contributed by atoms with Gasteiger partial charge < -0.3 is 14.6 Å². The molecule has 0 bridgehead atoms. The van der Waals surface area contributed by atoms with Gasteiger partial charge in [-0.25, -0.2) is 19.7 Å². The zero-order valence-electron chi connectivity index (χ0n) is 18.0. The van der Waals surface area contributed by atoms with Crippen molar-refractivity contribution in [2.75, 3.05) is 13.7 Å². The molecule has 158 valence electrons. The van der Waals surface area contributed by atoms with Gasteiger partial charge in [0.2, 0.25) is 0 Å². The fraction of sp³-hybridized carbons (Fsp3) is 0.391. The van der Waals surface area contributed by atoms with Crippen LogP contribution in [0.4, 0.5) is 0 Å². The highest BCUT2D eigenvalue weighted by Gasteiger charge is 2.41. The van der Waals surface area contributed by atoms with Crippen molar-refractivity contribution < 1.29 is 19.4 Å². The van der Waals surface area contributed by atoms with Gasteiger partial charge in [0, 0.05) is 19.1 Å². The Morgan fingerprint density at radius 1 is 1.17 bits per heavy atom. The summed E-state index contributed by atoms with van der Waals surface area (Å²) < 4.78 is 10.5. The summed E-state index contributed by atoms with van der Waals surface area (Å²) in [6.07, 6.45) is 4.51. The summed E-state index contributed by atoms with van der Waals surface area (Å²) >= 11 is 0. The number of hydrogen-bond donors (Lipinski definition) is 1. The Kier molecular flexibility index (Phi) is 6.03. The van der Waals surface area contributed by atoms with Crippen LogP contribution in [0.15, 0.2) is 48.5 Å². The van der Waals surface area contributed by atoms with Crippen LogP contribution in [0.2, 0.25) is 0 Å². The molecular formula is C23H27N3O4. The molecule has 1 aliphatic rings. The Bertz CT molecular complexity index is 990. The van der Waals surface area contributed by atoms with Crippen molar-refractivity contribution in [1.29, 1.82) is 0 Å². The monoisotopic (exact) mass is 409 g/mol. The highest BCUT2D eigenvalue weighted by atomic mass is 16.6. The minimum atomic E-state index is -1.36. The van der Waals surface area contributed by atoms with Crippen LogP contribution < -0.4 is 0 Å². The molecule has 30 heavy (non-hydrogen) atoms. The lowest BCUT2D eigenvalue weighted by Crippen LogP contribution is -2.42. The first-order valence-electron chi connectivity index (χ1n) is 9.84. The number of nitrogens with zero attached hydrogens (tertiary/aromatic N) is 3. The Hall–Kier alpha value is -3.06. The third-order valence-corrected chi connectivity index (χ3v) is 5.07. The van der Waals surface area contributed by atoms with Gasteiger partial charge in [-0.2, -0.15) is 0 Å². The Morgan fingerprint density at radius 3 is 2.40 bits per heavy atom. The first-order valence-corrected chi connectivity index (χ1v) is 9.84. The van der Waals surface area contributed by atoms with Gasteiger partial charge in [-0.15, -0.1) is 0 Å². The lowest BCUT2D eigenvalue weighted by Gasteiger charge is -2.29. The lowest BCUT2D eigenvalue weighted by atomic mass is 9.86. The van der Waals surface area contributed by atoms with Crippen molar-refractivity contribution in [3.05, 3.63) is 59.9 Å². The fourth-order valence-corrected chi connectivity index (χ4v) is 3.22. The SMILES string of the molecule is CCOC(=O)C1(OC)C=CC(c2ncnc(-c3ccc(C(C)(C)C)cc3)n2)=C(O)C1. The Balaban J connectivity index is 1.90. The second-order valence-electron chi connectivity index (χ2n) is 8.14. The van der Waals surface area contributed by atoms with Gasteiger partial charge >= 0.3 is 5.97 Å². The minimum Gasteiger partial charge on any atom is -0.511 e. The third-order valence-electron chi connectivity index (χ3n) is 5.07. The van der Waals surface area contributed by atoms with E-state index in [0.29, 0.717) is 17.2 Å². The van der Waals surface area contributed by atoms with E-state index in [1.807, 2.05) is 12.1 Å². The molecule has 1 atom stereocenters. The molecular weight excluding hydrogens is 382 g/mol. The molecule has 0 spiro atoms. The van der Waals surface area contributed by atoms with Crippen molar-refractivity contribution in [1.82, 2.24) is 15.0 Å². The number of aliphatic hydroxyl groups is 1. The van der Waals surface area contributed by atoms with Gasteiger partial charge in [0.1, 0.15) is 12.1 Å². The summed E-state index contributed by atoms with van der Waals surface area (Å²) in [5.74, 6) is 0.225. The number of ether oxygens (including phenoxy) is 2. The standard InChI is InChI=1S/C23H27N3O4/c1-6-30-21(28)23(29-5)12-11-17(18(27)13-23)20-25-14-24-19(26-20)15-7-9-16(10-8-15)22(2,3)4/h7-12,14,27H,6,13H2,1-5H3. The summed E-state index contributed by atoms with van der Waals surface area (Å²) in [6, 6.07) is 8.06. The molecule has 0 amide bonds. The smallest absolute Gasteiger partial charge is 0.342 e. The van der Waals surface area contributed by atoms with E-state index in [2.05, 4.69) is 47.9 Å². The number of hydrogen-bond acceptors (Lipinski definition) is 7. The van der Waals surface area contributed by atoms with Gasteiger partial charge in [0.25, 0.3) is 0 Å². The predicted octanol–water partition coefficient (Wildman–Crippen LogP) is 4.01. The van der Waals surface area contributed by atoms with E-state index in [1.165, 1.54) is 19.0 Å². The number of rotatable bonds is 5. The number of carbonyl (C=O) groups is 1. The van der Waals surface area contributed by atoms with Crippen LogP contribution in [-0.4, -0.2) is 45.3 Å². The predicted molar refractivity (Wildman–Crippen MR) is 114 cm³/mol. The molecule has 2 aromatic rings. The number of carbonyl (C=O) groups excluding carboxylic acids is 1. The molecule has 1 aromatic carbocycles. The molecule has 7 nitrogen and oxygen atoms in total. The third kappa shape index (κ3) is 4.26. The average Bonchev–Trinajstić information content (AvgIpc) is 2.73. The van der Waals surface area contributed by atoms with Crippen LogP contribution in [-0.2, 0) is 19.7 Å². The first kappa shape index (κ1) is 21.6. The molecule has 1 aromatic heterocycles. The van der Waals surface area contributed by atoms with Crippen LogP contribution in [0, 0.1) is 0 Å². The molecule has 1 unspecified atom stereocenters. The Labute approximate surface area is 176 Å². The van der Waals surface area contributed by atoms with Gasteiger partial charge in [-0.05, 0) is 30.1 Å². The number of allylic oxidation sites excluding steroid dienone is 2. The second-order valence-corrected chi connectivity index (χ2v) is 8.14. The highest BCUT2D eigenvalue weighted by molar-refractivity contribution is 5.86. The molecule has 1 N–H and O–H groups in total. The summed E-state index contributed by atoms with van der Waals surface area (Å²) in [5, 5.41) is 10.6. The number of aromatic nitrogens is 3. The number of aliphatic hydroxyl groups excluding tert-OH is 1. The average molecular weight is 409 g/mol. The van der Waals surface area contributed by atoms with Crippen molar-refractivity contribution in [2.45, 2.75) is 45.1 Å². The van der Waals surface area contributed by atoms with E-state index in [-0.39, 0.29) is 24.2 Å². The van der Waals surface area contributed by atoms with Gasteiger partial charge in [-0.3, -0.25) is 0 Å². The van der Waals surface area contributed by atoms with Crippen molar-refractivity contribution in [3.8, 4) is 11.4 Å². The minimum absolute atomic E-state index is 0.0485. The largest absolute Gasteiger partial charge is 0.511 e. The summed E-state index contributed by atoms with van der Waals surface area (Å²) in [7, 11) is 1.40. The summed E-state index contributed by atoms with van der Waals surface area (Å²) in [6.45, 7) is 8.41. The van der Waals surface area contributed by atoms with Crippen LogP contribution in [0.25, 0.3) is 17.0 Å². The molecule has 0 saturated heterocycles. The quantitative estimate of drug-likeness (QED) is 0.746. The first-order chi connectivity index (χ1) is 14.2. The topological polar surface area (TPSA) is 94.4 Å². The van der Waals surface area contributed by atoms with Gasteiger partial charge in [-0.1, -0.05) is 45.0 Å². The van der Waals surface area contributed by atoms with Crippen LogP contribution in [0.1, 0.15) is 45.5 Å². The van der Waals surface area contributed by atoms with Gasteiger partial charge in [0.05, 0.1) is 12.2 Å². The lowest BCUT2D eigenvalue weighted by molar-refractivity contribution is -0.163. The second kappa shape index (κ2) is 8.36. The Morgan fingerprint density at radius 2 is 1.83 bits per heavy atom. The van der Waals surface area contributed by atoms with E-state index < -0.39 is 11.6 Å². The summed E-state index contributed by atoms with van der Waals surface area (Å²) in [5.41, 5.74) is 1.18. The number of benzene rings is 1. The maximum absolute atomic E-state index is 12.3. The van der Waals surface area contributed by atoms with E-state index in [4.69, 9.17) is 9.47 Å². The van der Waals surface area contributed by atoms with Crippen LogP contribution in [0.5, 0.6) is 0 Å². The molecule has 0 fully saturated rings. The fourth-order valence-electron chi connectivity index (χ4n) is 3.22. The number of methoxy groups -OCH3 is 1. The molecule has 0 radical (unpaired) electrons.